The van der Waals surface area contributed by atoms with Crippen molar-refractivity contribution in [2.75, 3.05) is 13.1 Å². The Balaban J connectivity index is 2.09. The topological polar surface area (TPSA) is 66.6 Å². The molecule has 1 aliphatic rings. The lowest BCUT2D eigenvalue weighted by atomic mass is 10.2. The van der Waals surface area contributed by atoms with Gasteiger partial charge in [-0.05, 0) is 12.5 Å². The van der Waals surface area contributed by atoms with Crippen molar-refractivity contribution < 1.29 is 9.59 Å². The Kier molecular flexibility index (Phi) is 3.62. The molecule has 0 bridgehead atoms. The number of benzene rings is 1. The molecule has 2 rings (SSSR count). The maximum atomic E-state index is 12.1. The van der Waals surface area contributed by atoms with E-state index in [2.05, 4.69) is 0 Å². The molecule has 1 aromatic rings. The van der Waals surface area contributed by atoms with E-state index >= 15 is 0 Å². The van der Waals surface area contributed by atoms with E-state index in [1.165, 1.54) is 4.90 Å². The maximum Gasteiger partial charge on any atom is 0.327 e. The van der Waals surface area contributed by atoms with Crippen LogP contribution in [0.3, 0.4) is 0 Å². The second-order valence-electron chi connectivity index (χ2n) is 4.47. The Hall–Kier alpha value is -1.88. The van der Waals surface area contributed by atoms with Gasteiger partial charge < -0.3 is 10.6 Å². The highest BCUT2D eigenvalue weighted by atomic mass is 16.2. The van der Waals surface area contributed by atoms with Crippen molar-refractivity contribution in [2.24, 2.45) is 5.73 Å². The van der Waals surface area contributed by atoms with Crippen LogP contribution in [0.5, 0.6) is 0 Å². The van der Waals surface area contributed by atoms with Gasteiger partial charge in [-0.2, -0.15) is 0 Å². The molecule has 0 saturated carbocycles. The fraction of sp³-hybridized carbons (Fsp3) is 0.385. The third-order valence-electron chi connectivity index (χ3n) is 3.06. The number of hydrogen-bond acceptors (Lipinski definition) is 3. The van der Waals surface area contributed by atoms with Gasteiger partial charge in [-0.25, -0.2) is 4.79 Å². The lowest BCUT2D eigenvalue weighted by Crippen LogP contribution is -2.42. The van der Waals surface area contributed by atoms with Gasteiger partial charge in [-0.1, -0.05) is 30.3 Å². The molecule has 1 fully saturated rings. The number of nitrogens with two attached hydrogens (primary N) is 1. The third-order valence-corrected chi connectivity index (χ3v) is 3.06. The molecule has 0 aliphatic carbocycles. The highest BCUT2D eigenvalue weighted by Gasteiger charge is 2.37. The summed E-state index contributed by atoms with van der Waals surface area (Å²) in [7, 11) is 0. The Labute approximate surface area is 106 Å². The fourth-order valence-corrected chi connectivity index (χ4v) is 2.21. The van der Waals surface area contributed by atoms with Crippen LogP contribution in [-0.4, -0.2) is 40.9 Å². The second kappa shape index (κ2) is 5.18. The molecule has 18 heavy (non-hydrogen) atoms. The Bertz CT molecular complexity index is 447. The molecule has 1 saturated heterocycles. The van der Waals surface area contributed by atoms with Crippen molar-refractivity contribution in [3.8, 4) is 0 Å². The zero-order chi connectivity index (χ0) is 13.1. The molecule has 1 heterocycles. The molecule has 3 amide bonds. The maximum absolute atomic E-state index is 12.1. The lowest BCUT2D eigenvalue weighted by molar-refractivity contribution is -0.127. The third kappa shape index (κ3) is 2.36. The molecule has 1 aromatic carbocycles. The summed E-state index contributed by atoms with van der Waals surface area (Å²) in [6.07, 6.45) is 0. The average Bonchev–Trinajstić information content (AvgIpc) is 2.65. The van der Waals surface area contributed by atoms with E-state index in [1.807, 2.05) is 37.3 Å². The summed E-state index contributed by atoms with van der Waals surface area (Å²) in [6.45, 7) is 2.81. The Morgan fingerprint density at radius 1 is 1.39 bits per heavy atom. The summed E-state index contributed by atoms with van der Waals surface area (Å²) in [5.74, 6) is -0.317. The molecular formula is C13H17N3O2. The van der Waals surface area contributed by atoms with Crippen LogP contribution in [0.15, 0.2) is 30.3 Å². The summed E-state index contributed by atoms with van der Waals surface area (Å²) in [5, 5.41) is 0. The van der Waals surface area contributed by atoms with E-state index in [4.69, 9.17) is 5.73 Å². The van der Waals surface area contributed by atoms with E-state index in [0.29, 0.717) is 13.1 Å². The van der Waals surface area contributed by atoms with E-state index < -0.39 is 0 Å². The van der Waals surface area contributed by atoms with E-state index in [1.54, 1.807) is 4.90 Å². The highest BCUT2D eigenvalue weighted by Crippen LogP contribution is 2.18. The molecule has 2 N–H and O–H groups in total. The zero-order valence-electron chi connectivity index (χ0n) is 10.4. The minimum absolute atomic E-state index is 0.114. The molecule has 0 aromatic heterocycles. The van der Waals surface area contributed by atoms with Gasteiger partial charge in [0.05, 0.1) is 12.6 Å². The van der Waals surface area contributed by atoms with Gasteiger partial charge >= 0.3 is 6.03 Å². The van der Waals surface area contributed by atoms with Crippen LogP contribution < -0.4 is 5.73 Å². The second-order valence-corrected chi connectivity index (χ2v) is 4.47. The number of rotatable bonds is 3. The van der Waals surface area contributed by atoms with E-state index in [-0.39, 0.29) is 24.5 Å². The standard InChI is InChI=1S/C13H17N3O2/c1-10-8-15(9-11-5-3-2-4-6-11)13(18)16(10)12(17)7-14/h2-6,10H,7-9,14H2,1H3/t10-/m0/s1. The van der Waals surface area contributed by atoms with Gasteiger partial charge in [-0.3, -0.25) is 9.69 Å². The number of hydrogen-bond donors (Lipinski definition) is 1. The van der Waals surface area contributed by atoms with Crippen molar-refractivity contribution >= 4 is 11.9 Å². The molecule has 1 atom stereocenters. The molecule has 0 unspecified atom stereocenters. The van der Waals surface area contributed by atoms with Crippen molar-refractivity contribution in [1.29, 1.82) is 0 Å². The minimum Gasteiger partial charge on any atom is -0.322 e. The van der Waals surface area contributed by atoms with Crippen molar-refractivity contribution in [1.82, 2.24) is 9.80 Å². The predicted octanol–water partition coefficient (Wildman–Crippen LogP) is 0.798. The quantitative estimate of drug-likeness (QED) is 0.859. The smallest absolute Gasteiger partial charge is 0.322 e. The molecule has 5 heteroatoms. The number of carbonyl (C=O) groups is 2. The molecule has 1 aliphatic heterocycles. The SMILES string of the molecule is C[C@H]1CN(Cc2ccccc2)C(=O)N1C(=O)CN. The minimum atomic E-state index is -0.317. The Morgan fingerprint density at radius 2 is 2.06 bits per heavy atom. The monoisotopic (exact) mass is 247 g/mol. The van der Waals surface area contributed by atoms with Gasteiger partial charge in [0.1, 0.15) is 0 Å². The molecule has 0 radical (unpaired) electrons. The number of urea groups is 1. The molecule has 5 nitrogen and oxygen atoms in total. The first-order valence-electron chi connectivity index (χ1n) is 5.98. The van der Waals surface area contributed by atoms with Gasteiger partial charge in [0.15, 0.2) is 0 Å². The van der Waals surface area contributed by atoms with Crippen LogP contribution in [0.25, 0.3) is 0 Å². The first kappa shape index (κ1) is 12.6. The summed E-state index contributed by atoms with van der Waals surface area (Å²) in [5.41, 5.74) is 6.37. The normalized spacial score (nSPS) is 19.4. The summed E-state index contributed by atoms with van der Waals surface area (Å²) < 4.78 is 0. The molecular weight excluding hydrogens is 230 g/mol. The average molecular weight is 247 g/mol. The van der Waals surface area contributed by atoms with E-state index in [9.17, 15) is 9.59 Å². The number of carbonyl (C=O) groups excluding carboxylic acids is 2. The number of imide groups is 1. The van der Waals surface area contributed by atoms with Crippen molar-refractivity contribution in [2.45, 2.75) is 19.5 Å². The largest absolute Gasteiger partial charge is 0.327 e. The first-order valence-corrected chi connectivity index (χ1v) is 5.98. The van der Waals surface area contributed by atoms with Gasteiger partial charge in [0.25, 0.3) is 0 Å². The molecule has 96 valence electrons. The van der Waals surface area contributed by atoms with Crippen molar-refractivity contribution in [3.63, 3.8) is 0 Å². The zero-order valence-corrected chi connectivity index (χ0v) is 10.4. The van der Waals surface area contributed by atoms with Gasteiger partial charge in [0.2, 0.25) is 5.91 Å². The predicted molar refractivity (Wildman–Crippen MR) is 67.6 cm³/mol. The van der Waals surface area contributed by atoms with Crippen LogP contribution in [0.1, 0.15) is 12.5 Å². The fourth-order valence-electron chi connectivity index (χ4n) is 2.21. The van der Waals surface area contributed by atoms with Gasteiger partial charge in [0, 0.05) is 13.1 Å². The van der Waals surface area contributed by atoms with Crippen LogP contribution in [0.2, 0.25) is 0 Å². The van der Waals surface area contributed by atoms with Crippen LogP contribution in [-0.2, 0) is 11.3 Å². The Morgan fingerprint density at radius 3 is 2.67 bits per heavy atom. The highest BCUT2D eigenvalue weighted by molar-refractivity contribution is 5.97. The number of nitrogens with zero attached hydrogens (tertiary/aromatic N) is 2. The van der Waals surface area contributed by atoms with Crippen LogP contribution >= 0.6 is 0 Å². The summed E-state index contributed by atoms with van der Waals surface area (Å²) >= 11 is 0. The van der Waals surface area contributed by atoms with Crippen molar-refractivity contribution in [3.05, 3.63) is 35.9 Å². The number of amides is 3. The van der Waals surface area contributed by atoms with Crippen LogP contribution in [0, 0.1) is 0 Å². The summed E-state index contributed by atoms with van der Waals surface area (Å²) in [6, 6.07) is 9.36. The lowest BCUT2D eigenvalue weighted by Gasteiger charge is -2.18. The summed E-state index contributed by atoms with van der Waals surface area (Å²) in [4.78, 5) is 26.6. The van der Waals surface area contributed by atoms with Crippen LogP contribution in [0.4, 0.5) is 4.79 Å². The van der Waals surface area contributed by atoms with E-state index in [0.717, 1.165) is 5.56 Å². The molecule has 0 spiro atoms. The first-order chi connectivity index (χ1) is 8.63. The van der Waals surface area contributed by atoms with Gasteiger partial charge in [-0.15, -0.1) is 0 Å².